The molecule has 0 radical (unpaired) electrons. The van der Waals surface area contributed by atoms with Crippen LogP contribution in [0.15, 0.2) is 24.4 Å². The van der Waals surface area contributed by atoms with E-state index in [4.69, 9.17) is 0 Å². The van der Waals surface area contributed by atoms with Crippen molar-refractivity contribution < 1.29 is 4.79 Å². The quantitative estimate of drug-likeness (QED) is 0.666. The Bertz CT molecular complexity index is 652. The summed E-state index contributed by atoms with van der Waals surface area (Å²) in [5.41, 5.74) is 3.13. The highest BCUT2D eigenvalue weighted by molar-refractivity contribution is 7.16. The smallest absolute Gasteiger partial charge is 0.213 e. The van der Waals surface area contributed by atoms with Gasteiger partial charge in [0.1, 0.15) is 0 Å². The fourth-order valence-electron chi connectivity index (χ4n) is 1.49. The van der Waals surface area contributed by atoms with Crippen LogP contribution in [0.3, 0.4) is 0 Å². The first-order valence-corrected chi connectivity index (χ1v) is 6.51. The fraction of sp³-hybridized carbons (Fsp3) is 0.143. The summed E-state index contributed by atoms with van der Waals surface area (Å²) in [6.45, 7) is 2.02. The summed E-state index contributed by atoms with van der Waals surface area (Å²) < 4.78 is 0. The standard InChI is InChI=1S/C14H13N3OS/c1-10-3-5-12(15-2)7-11(10)4-6-13-8-16-14(19-13)17-9-18/h3,5,7-9,15H,1-2H3,(H,16,17,18). The summed E-state index contributed by atoms with van der Waals surface area (Å²) >= 11 is 1.35. The lowest BCUT2D eigenvalue weighted by Crippen LogP contribution is -1.90. The van der Waals surface area contributed by atoms with Crippen LogP contribution in [0, 0.1) is 18.8 Å². The molecule has 4 nitrogen and oxygen atoms in total. The number of hydrogen-bond acceptors (Lipinski definition) is 4. The number of thiazole rings is 1. The molecule has 0 aliphatic carbocycles. The van der Waals surface area contributed by atoms with Gasteiger partial charge in [-0.05, 0) is 30.5 Å². The third-order valence-corrected chi connectivity index (χ3v) is 3.38. The Morgan fingerprint density at radius 3 is 2.95 bits per heavy atom. The van der Waals surface area contributed by atoms with E-state index < -0.39 is 0 Å². The molecule has 96 valence electrons. The predicted octanol–water partition coefficient (Wildman–Crippen LogP) is 2.46. The predicted molar refractivity (Wildman–Crippen MR) is 78.5 cm³/mol. The van der Waals surface area contributed by atoms with Crippen LogP contribution in [0.2, 0.25) is 0 Å². The molecule has 0 spiro atoms. The number of hydrogen-bond donors (Lipinski definition) is 2. The van der Waals surface area contributed by atoms with E-state index in [1.54, 1.807) is 6.20 Å². The van der Waals surface area contributed by atoms with E-state index in [2.05, 4.69) is 27.5 Å². The molecule has 2 N–H and O–H groups in total. The molecule has 0 fully saturated rings. The summed E-state index contributed by atoms with van der Waals surface area (Å²) in [4.78, 5) is 15.1. The lowest BCUT2D eigenvalue weighted by atomic mass is 10.1. The fourth-order valence-corrected chi connectivity index (χ4v) is 2.12. The normalized spacial score (nSPS) is 9.37. The average molecular weight is 271 g/mol. The van der Waals surface area contributed by atoms with Crippen molar-refractivity contribution >= 4 is 28.6 Å². The molecule has 0 aliphatic rings. The van der Waals surface area contributed by atoms with Gasteiger partial charge in [-0.3, -0.25) is 4.79 Å². The number of amides is 1. The highest BCUT2D eigenvalue weighted by atomic mass is 32.1. The molecule has 0 unspecified atom stereocenters. The van der Waals surface area contributed by atoms with Crippen LogP contribution in [0.4, 0.5) is 10.8 Å². The van der Waals surface area contributed by atoms with E-state index in [9.17, 15) is 4.79 Å². The van der Waals surface area contributed by atoms with E-state index in [0.717, 1.165) is 21.7 Å². The average Bonchev–Trinajstić information content (AvgIpc) is 2.86. The van der Waals surface area contributed by atoms with Gasteiger partial charge in [0.15, 0.2) is 5.13 Å². The van der Waals surface area contributed by atoms with Gasteiger partial charge in [0, 0.05) is 18.3 Å². The number of benzene rings is 1. The second-order valence-electron chi connectivity index (χ2n) is 3.82. The van der Waals surface area contributed by atoms with Gasteiger partial charge in [-0.15, -0.1) is 0 Å². The van der Waals surface area contributed by atoms with Crippen LogP contribution >= 0.6 is 11.3 Å². The Hall–Kier alpha value is -2.32. The minimum atomic E-state index is 0.556. The van der Waals surface area contributed by atoms with Crippen LogP contribution in [0.25, 0.3) is 0 Å². The van der Waals surface area contributed by atoms with Crippen LogP contribution in [-0.4, -0.2) is 18.4 Å². The molecule has 2 rings (SSSR count). The topological polar surface area (TPSA) is 54.0 Å². The van der Waals surface area contributed by atoms with Crippen LogP contribution in [0.1, 0.15) is 16.0 Å². The minimum absolute atomic E-state index is 0.556. The first-order chi connectivity index (χ1) is 9.22. The third kappa shape index (κ3) is 3.33. The Morgan fingerprint density at radius 1 is 1.37 bits per heavy atom. The van der Waals surface area contributed by atoms with Crippen molar-refractivity contribution in [2.45, 2.75) is 6.92 Å². The maximum atomic E-state index is 10.3. The highest BCUT2D eigenvalue weighted by Gasteiger charge is 1.99. The zero-order valence-electron chi connectivity index (χ0n) is 10.7. The van der Waals surface area contributed by atoms with Gasteiger partial charge in [0.25, 0.3) is 0 Å². The number of carbonyl (C=O) groups excluding carboxylic acids is 1. The number of aryl methyl sites for hydroxylation is 1. The maximum Gasteiger partial charge on any atom is 0.213 e. The molecule has 1 aromatic carbocycles. The summed E-state index contributed by atoms with van der Waals surface area (Å²) in [5, 5.41) is 6.15. The lowest BCUT2D eigenvalue weighted by Gasteiger charge is -2.02. The van der Waals surface area contributed by atoms with Crippen molar-refractivity contribution in [3.63, 3.8) is 0 Å². The molecule has 0 bridgehead atoms. The van der Waals surface area contributed by atoms with Crippen LogP contribution in [-0.2, 0) is 4.79 Å². The number of nitrogens with one attached hydrogen (secondary N) is 2. The molecule has 0 atom stereocenters. The Balaban J connectivity index is 2.25. The third-order valence-electron chi connectivity index (χ3n) is 2.53. The summed E-state index contributed by atoms with van der Waals surface area (Å²) in [6.07, 6.45) is 2.26. The molecule has 1 heterocycles. The second-order valence-corrected chi connectivity index (χ2v) is 4.85. The number of anilines is 2. The molecule has 0 aliphatic heterocycles. The summed E-state index contributed by atoms with van der Waals surface area (Å²) in [5.74, 6) is 6.18. The first-order valence-electron chi connectivity index (χ1n) is 5.69. The monoisotopic (exact) mass is 271 g/mol. The largest absolute Gasteiger partial charge is 0.388 e. The number of nitrogens with zero attached hydrogens (tertiary/aromatic N) is 1. The van der Waals surface area contributed by atoms with E-state index in [1.807, 2.05) is 32.2 Å². The summed E-state index contributed by atoms with van der Waals surface area (Å²) in [7, 11) is 1.88. The van der Waals surface area contributed by atoms with Gasteiger partial charge < -0.3 is 10.6 Å². The van der Waals surface area contributed by atoms with Crippen molar-refractivity contribution in [1.29, 1.82) is 0 Å². The van der Waals surface area contributed by atoms with Crippen LogP contribution in [0.5, 0.6) is 0 Å². The maximum absolute atomic E-state index is 10.3. The van der Waals surface area contributed by atoms with Crippen molar-refractivity contribution in [3.05, 3.63) is 40.4 Å². The second kappa shape index (κ2) is 6.03. The molecule has 5 heteroatoms. The van der Waals surface area contributed by atoms with Gasteiger partial charge in [-0.25, -0.2) is 4.98 Å². The van der Waals surface area contributed by atoms with E-state index >= 15 is 0 Å². The molecule has 1 amide bonds. The molecular weight excluding hydrogens is 258 g/mol. The van der Waals surface area contributed by atoms with Gasteiger partial charge in [-0.1, -0.05) is 23.3 Å². The van der Waals surface area contributed by atoms with Crippen molar-refractivity contribution in [1.82, 2.24) is 4.98 Å². The highest BCUT2D eigenvalue weighted by Crippen LogP contribution is 2.17. The molecule has 0 saturated carbocycles. The summed E-state index contributed by atoms with van der Waals surface area (Å²) in [6, 6.07) is 6.05. The van der Waals surface area contributed by atoms with Crippen LogP contribution < -0.4 is 10.6 Å². The van der Waals surface area contributed by atoms with E-state index in [0.29, 0.717) is 11.5 Å². The Labute approximate surface area is 115 Å². The molecular formula is C14H13N3OS. The lowest BCUT2D eigenvalue weighted by molar-refractivity contribution is -0.105. The molecule has 0 saturated heterocycles. The van der Waals surface area contributed by atoms with E-state index in [1.165, 1.54) is 11.3 Å². The number of rotatable bonds is 3. The van der Waals surface area contributed by atoms with E-state index in [-0.39, 0.29) is 0 Å². The number of aromatic nitrogens is 1. The SMILES string of the molecule is CNc1ccc(C)c(C#Cc2cnc(NC=O)s2)c1. The minimum Gasteiger partial charge on any atom is -0.388 e. The molecule has 2 aromatic rings. The Morgan fingerprint density at radius 2 is 2.21 bits per heavy atom. The molecule has 19 heavy (non-hydrogen) atoms. The van der Waals surface area contributed by atoms with Crippen molar-refractivity contribution in [3.8, 4) is 11.8 Å². The van der Waals surface area contributed by atoms with Crippen molar-refractivity contribution in [2.75, 3.05) is 17.7 Å². The zero-order valence-corrected chi connectivity index (χ0v) is 11.5. The first kappa shape index (κ1) is 13.1. The van der Waals surface area contributed by atoms with Gasteiger partial charge in [0.2, 0.25) is 6.41 Å². The number of carbonyl (C=O) groups is 1. The Kier molecular flexibility index (Phi) is 4.16. The van der Waals surface area contributed by atoms with Gasteiger partial charge in [-0.2, -0.15) is 0 Å². The zero-order chi connectivity index (χ0) is 13.7. The molecule has 1 aromatic heterocycles. The van der Waals surface area contributed by atoms with Gasteiger partial charge >= 0.3 is 0 Å². The van der Waals surface area contributed by atoms with Gasteiger partial charge in [0.05, 0.1) is 11.1 Å². The van der Waals surface area contributed by atoms with Crippen molar-refractivity contribution in [2.24, 2.45) is 0 Å².